The Balaban J connectivity index is 1.52. The topological polar surface area (TPSA) is 100 Å². The minimum absolute atomic E-state index is 0.276. The van der Waals surface area contributed by atoms with Crippen molar-refractivity contribution >= 4 is 50.4 Å². The fourth-order valence-corrected chi connectivity index (χ4v) is 3.47. The summed E-state index contributed by atoms with van der Waals surface area (Å²) < 4.78 is 0.862. The summed E-state index contributed by atoms with van der Waals surface area (Å²) in [6.45, 7) is 3.59. The van der Waals surface area contributed by atoms with Crippen LogP contribution in [0.5, 0.6) is 0 Å². The van der Waals surface area contributed by atoms with Gasteiger partial charge in [-0.05, 0) is 30.4 Å². The van der Waals surface area contributed by atoms with Gasteiger partial charge >= 0.3 is 5.97 Å². The summed E-state index contributed by atoms with van der Waals surface area (Å²) in [7, 11) is 0. The van der Waals surface area contributed by atoms with Crippen molar-refractivity contribution in [2.45, 2.75) is 11.8 Å². The fraction of sp³-hybridized carbons (Fsp3) is 0.294. The molecule has 0 spiro atoms. The number of rotatable bonds is 8. The first-order valence-electron chi connectivity index (χ1n) is 8.03. The molecule has 0 amide bonds. The van der Waals surface area contributed by atoms with Crippen molar-refractivity contribution in [3.8, 4) is 0 Å². The molecule has 1 atom stereocenters. The largest absolute Gasteiger partial charge is 0.478 e. The van der Waals surface area contributed by atoms with Crippen LogP contribution < -0.4 is 10.6 Å². The summed E-state index contributed by atoms with van der Waals surface area (Å²) in [5.74, 6) is 0.0264. The number of aromatic nitrogens is 3. The summed E-state index contributed by atoms with van der Waals surface area (Å²) >= 11 is 3.07. The molecule has 0 aliphatic carbocycles. The van der Waals surface area contributed by atoms with E-state index in [2.05, 4.69) is 32.5 Å². The van der Waals surface area contributed by atoms with Gasteiger partial charge in [0.05, 0.1) is 15.8 Å². The van der Waals surface area contributed by atoms with Gasteiger partial charge < -0.3 is 15.7 Å². The van der Waals surface area contributed by atoms with Gasteiger partial charge in [-0.1, -0.05) is 18.3 Å². The number of fused-ring (bicyclic) bond motifs is 1. The minimum atomic E-state index is -0.928. The molecule has 0 aliphatic rings. The number of hydrogen-bond donors (Lipinski definition) is 3. The van der Waals surface area contributed by atoms with E-state index in [9.17, 15) is 4.79 Å². The second-order valence-electron chi connectivity index (χ2n) is 5.82. The van der Waals surface area contributed by atoms with E-state index < -0.39 is 5.97 Å². The van der Waals surface area contributed by atoms with Crippen molar-refractivity contribution in [2.24, 2.45) is 5.92 Å². The molecule has 2 heterocycles. The van der Waals surface area contributed by atoms with Crippen LogP contribution in [0.1, 0.15) is 17.3 Å². The van der Waals surface area contributed by atoms with E-state index in [1.165, 1.54) is 11.3 Å². The van der Waals surface area contributed by atoms with Crippen LogP contribution in [0, 0.1) is 5.92 Å². The molecule has 136 valence electrons. The second kappa shape index (κ2) is 8.33. The number of thioether (sulfide) groups is 1. The molecule has 0 fully saturated rings. The third kappa shape index (κ3) is 4.61. The quantitative estimate of drug-likeness (QED) is 0.502. The standard InChI is InChI=1S/C17H19N5O2S2/c1-10(6-18-16-19-8-12(25-2)9-20-16)7-21-17-22-13-4-3-11(15(23)24)5-14(13)26-17/h3-5,8-10H,6-7H2,1-2H3,(H,21,22)(H,23,24)(H,18,19,20)/t10-/m0/s1. The fourth-order valence-electron chi connectivity index (χ4n) is 2.25. The Labute approximate surface area is 159 Å². The highest BCUT2D eigenvalue weighted by molar-refractivity contribution is 7.98. The lowest BCUT2D eigenvalue weighted by atomic mass is 10.2. The Morgan fingerprint density at radius 1 is 1.27 bits per heavy atom. The van der Waals surface area contributed by atoms with Gasteiger partial charge in [0.15, 0.2) is 5.13 Å². The van der Waals surface area contributed by atoms with Crippen LogP contribution >= 0.6 is 23.1 Å². The van der Waals surface area contributed by atoms with Crippen LogP contribution in [0.3, 0.4) is 0 Å². The molecule has 0 radical (unpaired) electrons. The third-order valence-electron chi connectivity index (χ3n) is 3.71. The lowest BCUT2D eigenvalue weighted by Gasteiger charge is -2.13. The maximum absolute atomic E-state index is 11.0. The summed E-state index contributed by atoms with van der Waals surface area (Å²) in [4.78, 5) is 25.1. The lowest BCUT2D eigenvalue weighted by molar-refractivity contribution is 0.0697. The predicted molar refractivity (Wildman–Crippen MR) is 107 cm³/mol. The average molecular weight is 390 g/mol. The molecule has 0 saturated carbocycles. The highest BCUT2D eigenvalue weighted by Gasteiger charge is 2.09. The zero-order valence-corrected chi connectivity index (χ0v) is 16.0. The molecular formula is C17H19N5O2S2. The van der Waals surface area contributed by atoms with Gasteiger partial charge in [0.2, 0.25) is 5.95 Å². The Bertz CT molecular complexity index is 898. The molecule has 0 unspecified atom stereocenters. The van der Waals surface area contributed by atoms with Gasteiger partial charge in [-0.3, -0.25) is 0 Å². The summed E-state index contributed by atoms with van der Waals surface area (Å²) in [5.41, 5.74) is 1.08. The normalized spacial score (nSPS) is 12.1. The van der Waals surface area contributed by atoms with Gasteiger partial charge in [-0.2, -0.15) is 0 Å². The van der Waals surface area contributed by atoms with Gasteiger partial charge in [0.25, 0.3) is 0 Å². The van der Waals surface area contributed by atoms with Crippen molar-refractivity contribution in [3.05, 3.63) is 36.2 Å². The van der Waals surface area contributed by atoms with E-state index in [-0.39, 0.29) is 5.56 Å². The number of nitrogens with one attached hydrogen (secondary N) is 2. The predicted octanol–water partition coefficient (Wildman–Crippen LogP) is 3.67. The number of anilines is 2. The van der Waals surface area contributed by atoms with Crippen molar-refractivity contribution < 1.29 is 9.90 Å². The number of aromatic carboxylic acids is 1. The molecule has 0 aliphatic heterocycles. The van der Waals surface area contributed by atoms with Crippen LogP contribution in [0.2, 0.25) is 0 Å². The minimum Gasteiger partial charge on any atom is -0.478 e. The lowest BCUT2D eigenvalue weighted by Crippen LogP contribution is -2.20. The van der Waals surface area contributed by atoms with E-state index >= 15 is 0 Å². The monoisotopic (exact) mass is 389 g/mol. The SMILES string of the molecule is CSc1cnc(NC[C@H](C)CNc2nc3ccc(C(=O)O)cc3s2)nc1. The first kappa shape index (κ1) is 18.4. The first-order chi connectivity index (χ1) is 12.5. The van der Waals surface area contributed by atoms with Crippen LogP contribution in [0.4, 0.5) is 11.1 Å². The molecular weight excluding hydrogens is 370 g/mol. The van der Waals surface area contributed by atoms with Crippen LogP contribution in [0.15, 0.2) is 35.5 Å². The molecule has 0 bridgehead atoms. The smallest absolute Gasteiger partial charge is 0.335 e. The number of benzene rings is 1. The maximum Gasteiger partial charge on any atom is 0.335 e. The van der Waals surface area contributed by atoms with Crippen LogP contribution in [-0.4, -0.2) is 45.4 Å². The van der Waals surface area contributed by atoms with Gasteiger partial charge in [0.1, 0.15) is 0 Å². The van der Waals surface area contributed by atoms with Crippen molar-refractivity contribution in [3.63, 3.8) is 0 Å². The van der Waals surface area contributed by atoms with Crippen LogP contribution in [-0.2, 0) is 0 Å². The van der Waals surface area contributed by atoms with E-state index in [1.807, 2.05) is 6.26 Å². The van der Waals surface area contributed by atoms with Gasteiger partial charge in [-0.25, -0.2) is 19.7 Å². The average Bonchev–Trinajstić information content (AvgIpc) is 3.07. The highest BCUT2D eigenvalue weighted by atomic mass is 32.2. The number of carboxylic acids is 1. The molecule has 3 aromatic rings. The third-order valence-corrected chi connectivity index (χ3v) is 5.37. The van der Waals surface area contributed by atoms with Crippen LogP contribution in [0.25, 0.3) is 10.2 Å². The molecule has 3 N–H and O–H groups in total. The Morgan fingerprint density at radius 3 is 2.69 bits per heavy atom. The van der Waals surface area contributed by atoms with Gasteiger partial charge in [0, 0.05) is 30.4 Å². The van der Waals surface area contributed by atoms with E-state index in [1.54, 1.807) is 42.4 Å². The first-order valence-corrected chi connectivity index (χ1v) is 10.1. The molecule has 2 aromatic heterocycles. The van der Waals surface area contributed by atoms with Gasteiger partial charge in [-0.15, -0.1) is 11.8 Å². The number of nitrogens with zero attached hydrogens (tertiary/aromatic N) is 3. The highest BCUT2D eigenvalue weighted by Crippen LogP contribution is 2.27. The van der Waals surface area contributed by atoms with E-state index in [4.69, 9.17) is 5.11 Å². The Kier molecular flexibility index (Phi) is 5.89. The zero-order valence-electron chi connectivity index (χ0n) is 14.4. The maximum atomic E-state index is 11.0. The summed E-state index contributed by atoms with van der Waals surface area (Å²) in [5, 5.41) is 16.4. The molecule has 9 heteroatoms. The molecule has 0 saturated heterocycles. The van der Waals surface area contributed by atoms with Crippen molar-refractivity contribution in [2.75, 3.05) is 30.0 Å². The van der Waals surface area contributed by atoms with Crippen molar-refractivity contribution in [1.29, 1.82) is 0 Å². The van der Waals surface area contributed by atoms with Crippen molar-refractivity contribution in [1.82, 2.24) is 15.0 Å². The molecule has 1 aromatic carbocycles. The molecule has 7 nitrogen and oxygen atoms in total. The van der Waals surface area contributed by atoms with E-state index in [0.29, 0.717) is 11.9 Å². The summed E-state index contributed by atoms with van der Waals surface area (Å²) in [6, 6.07) is 4.96. The zero-order chi connectivity index (χ0) is 18.5. The van der Waals surface area contributed by atoms with E-state index in [0.717, 1.165) is 33.3 Å². The molecule has 3 rings (SSSR count). The number of hydrogen-bond acceptors (Lipinski definition) is 8. The number of carbonyl (C=O) groups is 1. The molecule has 26 heavy (non-hydrogen) atoms. The Morgan fingerprint density at radius 2 is 2.00 bits per heavy atom. The number of thiazole rings is 1. The summed E-state index contributed by atoms with van der Waals surface area (Å²) in [6.07, 6.45) is 5.59. The second-order valence-corrected chi connectivity index (χ2v) is 7.73. The number of carboxylic acid groups (broad SMARTS) is 1. The Hall–Kier alpha value is -2.39.